The molecule has 0 saturated heterocycles. The van der Waals surface area contributed by atoms with Crippen molar-refractivity contribution in [3.8, 4) is 5.69 Å². The minimum absolute atomic E-state index is 0.283. The lowest BCUT2D eigenvalue weighted by atomic mass is 10.3. The Kier molecular flexibility index (Phi) is 2.74. The molecule has 0 bridgehead atoms. The number of aryl methyl sites for hydroxylation is 2. The SMILES string of the molecule is Cc1cc(C)n(-c2ccc([NH+]([O-])O)cc2)n1. The van der Waals surface area contributed by atoms with Crippen molar-refractivity contribution in [1.82, 2.24) is 9.78 Å². The summed E-state index contributed by atoms with van der Waals surface area (Å²) in [4.78, 5) is 0. The maximum atomic E-state index is 10.7. The molecule has 0 radical (unpaired) electrons. The van der Waals surface area contributed by atoms with Crippen LogP contribution in [0.15, 0.2) is 30.3 Å². The van der Waals surface area contributed by atoms with E-state index in [-0.39, 0.29) is 5.69 Å². The summed E-state index contributed by atoms with van der Waals surface area (Å²) >= 11 is 0. The molecule has 1 aromatic carbocycles. The highest BCUT2D eigenvalue weighted by molar-refractivity contribution is 5.41. The van der Waals surface area contributed by atoms with Gasteiger partial charge >= 0.3 is 0 Å². The van der Waals surface area contributed by atoms with Crippen LogP contribution in [0.5, 0.6) is 0 Å². The van der Waals surface area contributed by atoms with E-state index in [0.29, 0.717) is 0 Å². The third kappa shape index (κ3) is 1.96. The molecule has 2 rings (SSSR count). The van der Waals surface area contributed by atoms with Gasteiger partial charge in [-0.1, -0.05) is 0 Å². The van der Waals surface area contributed by atoms with E-state index < -0.39 is 5.23 Å². The van der Waals surface area contributed by atoms with Crippen LogP contribution >= 0.6 is 0 Å². The topological polar surface area (TPSA) is 65.5 Å². The number of nitrogens with zero attached hydrogens (tertiary/aromatic N) is 2. The number of aromatic nitrogens is 2. The largest absolute Gasteiger partial charge is 0.595 e. The van der Waals surface area contributed by atoms with E-state index in [0.717, 1.165) is 17.1 Å². The van der Waals surface area contributed by atoms with Crippen molar-refractivity contribution in [3.63, 3.8) is 0 Å². The van der Waals surface area contributed by atoms with Gasteiger partial charge in [0.05, 0.1) is 11.4 Å². The summed E-state index contributed by atoms with van der Waals surface area (Å²) in [7, 11) is 0. The molecule has 2 N–H and O–H groups in total. The van der Waals surface area contributed by atoms with E-state index >= 15 is 0 Å². The molecule has 2 aromatic rings. The molecule has 84 valence electrons. The van der Waals surface area contributed by atoms with E-state index in [1.165, 1.54) is 0 Å². The average Bonchev–Trinajstić information content (AvgIpc) is 2.58. The lowest BCUT2D eigenvalue weighted by molar-refractivity contribution is -0.991. The third-order valence-corrected chi connectivity index (χ3v) is 2.37. The summed E-state index contributed by atoms with van der Waals surface area (Å²) in [6.07, 6.45) is 0. The van der Waals surface area contributed by atoms with Crippen molar-refractivity contribution in [1.29, 1.82) is 0 Å². The van der Waals surface area contributed by atoms with Gasteiger partial charge in [0.25, 0.3) is 0 Å². The minimum Gasteiger partial charge on any atom is -0.595 e. The van der Waals surface area contributed by atoms with Crippen LogP contribution in [-0.4, -0.2) is 15.0 Å². The Morgan fingerprint density at radius 3 is 2.31 bits per heavy atom. The molecule has 0 spiro atoms. The van der Waals surface area contributed by atoms with E-state index in [4.69, 9.17) is 5.21 Å². The second-order valence-corrected chi connectivity index (χ2v) is 3.69. The van der Waals surface area contributed by atoms with Gasteiger partial charge in [0.1, 0.15) is 0 Å². The summed E-state index contributed by atoms with van der Waals surface area (Å²) in [6.45, 7) is 3.89. The quantitative estimate of drug-likeness (QED) is 0.737. The Balaban J connectivity index is 2.38. The highest BCUT2D eigenvalue weighted by Gasteiger charge is 2.05. The van der Waals surface area contributed by atoms with E-state index in [2.05, 4.69) is 5.10 Å². The minimum atomic E-state index is -0.917. The molecule has 16 heavy (non-hydrogen) atoms. The maximum Gasteiger partial charge on any atom is 0.163 e. The molecule has 5 nitrogen and oxygen atoms in total. The Labute approximate surface area is 93.1 Å². The van der Waals surface area contributed by atoms with Gasteiger partial charge in [0.2, 0.25) is 0 Å². The molecule has 0 fully saturated rings. The molecule has 1 atom stereocenters. The first-order valence-electron chi connectivity index (χ1n) is 4.95. The van der Waals surface area contributed by atoms with E-state index in [9.17, 15) is 5.21 Å². The van der Waals surface area contributed by atoms with Crippen molar-refractivity contribution in [2.24, 2.45) is 0 Å². The molecule has 5 heteroatoms. The zero-order valence-electron chi connectivity index (χ0n) is 9.14. The van der Waals surface area contributed by atoms with Crippen LogP contribution in [0.2, 0.25) is 0 Å². The summed E-state index contributed by atoms with van der Waals surface area (Å²) in [5.41, 5.74) is 3.13. The molecule has 0 amide bonds. The van der Waals surface area contributed by atoms with Gasteiger partial charge in [-0.2, -0.15) is 10.3 Å². The second kappa shape index (κ2) is 4.05. The van der Waals surface area contributed by atoms with Crippen LogP contribution < -0.4 is 5.23 Å². The number of benzene rings is 1. The summed E-state index contributed by atoms with van der Waals surface area (Å²) in [5, 5.41) is 22.9. The van der Waals surface area contributed by atoms with Crippen LogP contribution in [0.25, 0.3) is 5.69 Å². The Morgan fingerprint density at radius 2 is 1.88 bits per heavy atom. The summed E-state index contributed by atoms with van der Waals surface area (Å²) < 4.78 is 1.79. The van der Waals surface area contributed by atoms with Crippen molar-refractivity contribution in [2.45, 2.75) is 13.8 Å². The van der Waals surface area contributed by atoms with Crippen LogP contribution in [0, 0.1) is 19.1 Å². The van der Waals surface area contributed by atoms with Gasteiger partial charge in [-0.15, -0.1) is 0 Å². The highest BCUT2D eigenvalue weighted by atomic mass is 16.8. The van der Waals surface area contributed by atoms with Gasteiger partial charge in [0, 0.05) is 17.8 Å². The molecular weight excluding hydrogens is 206 g/mol. The number of quaternary nitrogens is 1. The third-order valence-electron chi connectivity index (χ3n) is 2.37. The molecule has 0 aliphatic heterocycles. The molecule has 1 unspecified atom stereocenters. The first-order chi connectivity index (χ1) is 7.58. The molecule has 0 saturated carbocycles. The van der Waals surface area contributed by atoms with Crippen molar-refractivity contribution in [3.05, 3.63) is 46.9 Å². The normalized spacial score (nSPS) is 12.8. The zero-order valence-corrected chi connectivity index (χ0v) is 9.14. The van der Waals surface area contributed by atoms with Crippen molar-refractivity contribution >= 4 is 5.69 Å². The Hall–Kier alpha value is -1.69. The fourth-order valence-corrected chi connectivity index (χ4v) is 1.64. The standard InChI is InChI=1S/C11H13N3O2/c1-8-7-9(2)13(12-8)10-3-5-11(6-4-10)14(15)16/h3-7,14-15H,1-2H3. The van der Waals surface area contributed by atoms with E-state index in [1.807, 2.05) is 19.9 Å². The number of hydrogen-bond donors (Lipinski definition) is 2. The Bertz CT molecular complexity index is 488. The molecule has 1 heterocycles. The highest BCUT2D eigenvalue weighted by Crippen LogP contribution is 2.13. The first-order valence-corrected chi connectivity index (χ1v) is 4.95. The second-order valence-electron chi connectivity index (χ2n) is 3.69. The van der Waals surface area contributed by atoms with Gasteiger partial charge in [-0.25, -0.2) is 9.89 Å². The van der Waals surface area contributed by atoms with Gasteiger partial charge in [-0.3, -0.25) is 0 Å². The molecule has 0 aliphatic carbocycles. The summed E-state index contributed by atoms with van der Waals surface area (Å²) in [5.74, 6) is 0. The summed E-state index contributed by atoms with van der Waals surface area (Å²) in [6, 6.07) is 8.64. The van der Waals surface area contributed by atoms with E-state index in [1.54, 1.807) is 28.9 Å². The molecule has 0 aliphatic rings. The maximum absolute atomic E-state index is 10.7. The monoisotopic (exact) mass is 219 g/mol. The number of nitrogens with one attached hydrogen (secondary N) is 1. The predicted molar refractivity (Wildman–Crippen MR) is 58.8 cm³/mol. The van der Waals surface area contributed by atoms with Crippen LogP contribution in [0.1, 0.15) is 11.4 Å². The van der Waals surface area contributed by atoms with Gasteiger partial charge in [-0.05, 0) is 32.0 Å². The lowest BCUT2D eigenvalue weighted by Gasteiger charge is -2.12. The molecular formula is C11H13N3O2. The molecule has 1 aromatic heterocycles. The van der Waals surface area contributed by atoms with Crippen molar-refractivity contribution in [2.75, 3.05) is 0 Å². The first kappa shape index (κ1) is 10.8. The Morgan fingerprint density at radius 1 is 1.25 bits per heavy atom. The fraction of sp³-hybridized carbons (Fsp3) is 0.182. The predicted octanol–water partition coefficient (Wildman–Crippen LogP) is 0.893. The average molecular weight is 219 g/mol. The van der Waals surface area contributed by atoms with Gasteiger partial charge < -0.3 is 5.21 Å². The lowest BCUT2D eigenvalue weighted by Crippen LogP contribution is -2.99. The van der Waals surface area contributed by atoms with Crippen LogP contribution in [0.4, 0.5) is 5.69 Å². The van der Waals surface area contributed by atoms with Crippen LogP contribution in [0.3, 0.4) is 0 Å². The number of rotatable bonds is 2. The van der Waals surface area contributed by atoms with Crippen molar-refractivity contribution < 1.29 is 10.4 Å². The van der Waals surface area contributed by atoms with Gasteiger partial charge in [0.15, 0.2) is 5.69 Å². The fourth-order valence-electron chi connectivity index (χ4n) is 1.64. The number of hydrogen-bond acceptors (Lipinski definition) is 3. The smallest absolute Gasteiger partial charge is 0.163 e. The van der Waals surface area contributed by atoms with Crippen LogP contribution in [-0.2, 0) is 0 Å². The zero-order chi connectivity index (χ0) is 11.7.